The second-order valence-corrected chi connectivity index (χ2v) is 9.34. The number of benzene rings is 1. The van der Waals surface area contributed by atoms with Crippen molar-refractivity contribution in [3.63, 3.8) is 0 Å². The topological polar surface area (TPSA) is 112 Å². The third-order valence-electron chi connectivity index (χ3n) is 4.80. The molecule has 2 amide bonds. The molecule has 0 aliphatic heterocycles. The van der Waals surface area contributed by atoms with E-state index in [9.17, 15) is 18.0 Å². The number of hydrogen-bond acceptors (Lipinski definition) is 5. The van der Waals surface area contributed by atoms with Gasteiger partial charge in [-0.1, -0.05) is 30.3 Å². The number of nitrogens with zero attached hydrogens (tertiary/aromatic N) is 2. The summed E-state index contributed by atoms with van der Waals surface area (Å²) in [6, 6.07) is 9.65. The lowest BCUT2D eigenvalue weighted by atomic mass is 10.1. The summed E-state index contributed by atoms with van der Waals surface area (Å²) in [6.45, 7) is 0. The van der Waals surface area contributed by atoms with Crippen molar-refractivity contribution >= 4 is 21.7 Å². The molecule has 1 aliphatic carbocycles. The predicted molar refractivity (Wildman–Crippen MR) is 107 cm³/mol. The molecule has 29 heavy (non-hydrogen) atoms. The number of hydrogen-bond donors (Lipinski definition) is 2. The second-order valence-electron chi connectivity index (χ2n) is 7.40. The second kappa shape index (κ2) is 9.21. The number of amides is 2. The van der Waals surface area contributed by atoms with Crippen molar-refractivity contribution in [2.24, 2.45) is 5.92 Å². The van der Waals surface area contributed by atoms with Gasteiger partial charge in [0.15, 0.2) is 0 Å². The molecule has 8 nitrogen and oxygen atoms in total. The van der Waals surface area contributed by atoms with Crippen LogP contribution in [0.15, 0.2) is 41.7 Å². The van der Waals surface area contributed by atoms with Crippen molar-refractivity contribution in [1.29, 1.82) is 0 Å². The largest absolute Gasteiger partial charge is 0.335 e. The molecule has 9 heteroatoms. The van der Waals surface area contributed by atoms with Crippen LogP contribution in [-0.4, -0.2) is 48.0 Å². The Morgan fingerprint density at radius 1 is 1.17 bits per heavy atom. The Kier molecular flexibility index (Phi) is 6.68. The van der Waals surface area contributed by atoms with Crippen molar-refractivity contribution in [3.05, 3.63) is 47.8 Å². The van der Waals surface area contributed by atoms with E-state index in [4.69, 9.17) is 0 Å². The molecule has 1 aromatic heterocycles. The average Bonchev–Trinajstić information content (AvgIpc) is 3.36. The van der Waals surface area contributed by atoms with E-state index in [0.717, 1.165) is 18.4 Å². The zero-order valence-corrected chi connectivity index (χ0v) is 17.2. The van der Waals surface area contributed by atoms with Crippen LogP contribution in [0.5, 0.6) is 0 Å². The smallest absolute Gasteiger partial charge is 0.241 e. The minimum Gasteiger partial charge on any atom is -0.335 e. The lowest BCUT2D eigenvalue weighted by Gasteiger charge is -2.18. The Balaban J connectivity index is 1.42. The quantitative estimate of drug-likeness (QED) is 0.601. The van der Waals surface area contributed by atoms with Gasteiger partial charge in [0.1, 0.15) is 0 Å². The Bertz CT molecular complexity index is 952. The maximum atomic E-state index is 12.2. The number of aromatic nitrogens is 2. The van der Waals surface area contributed by atoms with Crippen LogP contribution < -0.4 is 5.43 Å². The molecule has 1 heterocycles. The molecule has 3 rings (SSSR count). The molecular formula is C20H26N4O4S. The summed E-state index contributed by atoms with van der Waals surface area (Å²) in [4.78, 5) is 31.1. The van der Waals surface area contributed by atoms with Gasteiger partial charge in [-0.15, -0.1) is 0 Å². The maximum absolute atomic E-state index is 12.2. The molecule has 1 aliphatic rings. The predicted octanol–water partition coefficient (Wildman–Crippen LogP) is 1.65. The number of rotatable bonds is 9. The molecule has 0 radical (unpaired) electrons. The minimum absolute atomic E-state index is 0.0329. The zero-order valence-electron chi connectivity index (χ0n) is 16.4. The molecule has 1 aromatic carbocycles. The number of carbonyl (C=O) groups is 2. The van der Waals surface area contributed by atoms with Gasteiger partial charge in [0.2, 0.25) is 26.8 Å². The first kappa shape index (κ1) is 21.0. The molecule has 2 N–H and O–H groups in total. The van der Waals surface area contributed by atoms with Gasteiger partial charge >= 0.3 is 0 Å². The summed E-state index contributed by atoms with van der Waals surface area (Å²) in [6.07, 6.45) is 4.70. The summed E-state index contributed by atoms with van der Waals surface area (Å²) in [5.41, 5.74) is 4.13. The fourth-order valence-electron chi connectivity index (χ4n) is 2.91. The van der Waals surface area contributed by atoms with Crippen molar-refractivity contribution in [3.8, 4) is 0 Å². The fourth-order valence-corrected chi connectivity index (χ4v) is 4.52. The van der Waals surface area contributed by atoms with Gasteiger partial charge in [-0.2, -0.15) is 0 Å². The Morgan fingerprint density at radius 3 is 2.59 bits per heavy atom. The molecule has 2 aromatic rings. The van der Waals surface area contributed by atoms with E-state index in [1.54, 1.807) is 0 Å². The lowest BCUT2D eigenvalue weighted by Crippen LogP contribution is -2.43. The van der Waals surface area contributed by atoms with Crippen molar-refractivity contribution in [2.75, 3.05) is 12.8 Å². The van der Waals surface area contributed by atoms with Gasteiger partial charge < -0.3 is 4.98 Å². The van der Waals surface area contributed by atoms with E-state index in [0.29, 0.717) is 18.5 Å². The normalized spacial score (nSPS) is 13.8. The monoisotopic (exact) mass is 418 g/mol. The van der Waals surface area contributed by atoms with E-state index >= 15 is 0 Å². The maximum Gasteiger partial charge on any atom is 0.241 e. The molecule has 0 saturated heterocycles. The van der Waals surface area contributed by atoms with E-state index in [1.807, 2.05) is 30.3 Å². The molecule has 0 spiro atoms. The van der Waals surface area contributed by atoms with Crippen LogP contribution in [-0.2, 0) is 32.3 Å². The summed E-state index contributed by atoms with van der Waals surface area (Å²) in [7, 11) is -1.90. The van der Waals surface area contributed by atoms with E-state index < -0.39 is 9.84 Å². The molecule has 0 bridgehead atoms. The van der Waals surface area contributed by atoms with Gasteiger partial charge in [-0.3, -0.25) is 20.0 Å². The van der Waals surface area contributed by atoms with E-state index in [1.165, 1.54) is 18.3 Å². The number of imidazole rings is 1. The van der Waals surface area contributed by atoms with Gasteiger partial charge in [0.25, 0.3) is 0 Å². The van der Waals surface area contributed by atoms with Gasteiger partial charge in [0, 0.05) is 32.5 Å². The highest BCUT2D eigenvalue weighted by Gasteiger charge is 2.30. The highest BCUT2D eigenvalue weighted by atomic mass is 32.2. The van der Waals surface area contributed by atoms with Gasteiger partial charge in [0.05, 0.1) is 11.4 Å². The number of H-pyrrole nitrogens is 1. The molecule has 0 atom stereocenters. The van der Waals surface area contributed by atoms with Crippen molar-refractivity contribution in [2.45, 2.75) is 43.7 Å². The zero-order chi connectivity index (χ0) is 20.9. The van der Waals surface area contributed by atoms with Crippen LogP contribution in [0, 0.1) is 5.92 Å². The lowest BCUT2D eigenvalue weighted by molar-refractivity contribution is -0.139. The number of sulfone groups is 1. The number of nitrogens with one attached hydrogen (secondary N) is 2. The number of aromatic amines is 1. The summed E-state index contributed by atoms with van der Waals surface area (Å²) in [5.74, 6) is -0.146. The van der Waals surface area contributed by atoms with Crippen molar-refractivity contribution < 1.29 is 18.0 Å². The Hall–Kier alpha value is -2.68. The highest BCUT2D eigenvalue weighted by molar-refractivity contribution is 7.91. The van der Waals surface area contributed by atoms with Gasteiger partial charge in [-0.25, -0.2) is 13.4 Å². The summed E-state index contributed by atoms with van der Waals surface area (Å²) < 4.78 is 24.4. The van der Waals surface area contributed by atoms with Crippen LogP contribution in [0.3, 0.4) is 0 Å². The summed E-state index contributed by atoms with van der Waals surface area (Å²) >= 11 is 0. The van der Waals surface area contributed by atoms with E-state index in [2.05, 4.69) is 15.4 Å². The SMILES string of the molecule is CN(NC(=O)CCc1ccccc1)C(=O)CCc1c[nH]c(S(=O)(=O)CC2CC2)n1. The standard InChI is InChI=1S/C20H26N4O4S/c1-24(23-18(25)11-9-15-5-3-2-4-6-15)19(26)12-10-17-13-21-20(22-17)29(27,28)14-16-7-8-16/h2-6,13,16H,7-12,14H2,1H3,(H,21,22)(H,23,25). The third kappa shape index (κ3) is 6.42. The number of carbonyl (C=O) groups excluding carboxylic acids is 2. The number of aryl methyl sites for hydroxylation is 2. The third-order valence-corrected chi connectivity index (χ3v) is 6.51. The minimum atomic E-state index is -3.40. The van der Waals surface area contributed by atoms with Crippen LogP contribution >= 0.6 is 0 Å². The van der Waals surface area contributed by atoms with Crippen LogP contribution in [0.1, 0.15) is 36.9 Å². The van der Waals surface area contributed by atoms with E-state index in [-0.39, 0.29) is 41.5 Å². The Morgan fingerprint density at radius 2 is 1.90 bits per heavy atom. The summed E-state index contributed by atoms with van der Waals surface area (Å²) in [5, 5.41) is 1.14. The number of hydrazine groups is 1. The molecule has 1 saturated carbocycles. The van der Waals surface area contributed by atoms with Crippen LogP contribution in [0.25, 0.3) is 0 Å². The first-order valence-corrected chi connectivity index (χ1v) is 11.4. The Labute approximate surface area is 170 Å². The molecule has 0 unspecified atom stereocenters. The first-order chi connectivity index (χ1) is 13.8. The van der Waals surface area contributed by atoms with Gasteiger partial charge in [-0.05, 0) is 30.7 Å². The highest BCUT2D eigenvalue weighted by Crippen LogP contribution is 2.31. The molecule has 1 fully saturated rings. The van der Waals surface area contributed by atoms with Crippen LogP contribution in [0.4, 0.5) is 0 Å². The molecular weight excluding hydrogens is 392 g/mol. The molecule has 156 valence electrons. The van der Waals surface area contributed by atoms with Crippen LogP contribution in [0.2, 0.25) is 0 Å². The van der Waals surface area contributed by atoms with Crippen molar-refractivity contribution in [1.82, 2.24) is 20.4 Å². The average molecular weight is 419 g/mol. The fraction of sp³-hybridized carbons (Fsp3) is 0.450. The first-order valence-electron chi connectivity index (χ1n) is 9.70.